The standard InChI is InChI=1S/C7H16N2O3S/c8-2-4-13(11,12)9-3-1-7(5-9)6-10/h7,10H,1-6,8H2. The van der Waals surface area contributed by atoms with Crippen molar-refractivity contribution in [3.8, 4) is 0 Å². The number of sulfonamides is 1. The molecule has 0 radical (unpaired) electrons. The number of aliphatic hydroxyl groups is 1. The van der Waals surface area contributed by atoms with Gasteiger partial charge in [-0.15, -0.1) is 0 Å². The van der Waals surface area contributed by atoms with Gasteiger partial charge in [0, 0.05) is 26.2 Å². The fourth-order valence-electron chi connectivity index (χ4n) is 1.48. The number of nitrogens with zero attached hydrogens (tertiary/aromatic N) is 1. The van der Waals surface area contributed by atoms with E-state index in [1.807, 2.05) is 0 Å². The van der Waals surface area contributed by atoms with Crippen LogP contribution >= 0.6 is 0 Å². The van der Waals surface area contributed by atoms with Gasteiger partial charge in [-0.1, -0.05) is 0 Å². The molecule has 78 valence electrons. The number of nitrogens with two attached hydrogens (primary N) is 1. The van der Waals surface area contributed by atoms with E-state index in [9.17, 15) is 8.42 Å². The first-order chi connectivity index (χ1) is 6.10. The van der Waals surface area contributed by atoms with E-state index < -0.39 is 10.0 Å². The van der Waals surface area contributed by atoms with Gasteiger partial charge < -0.3 is 10.8 Å². The third-order valence-corrected chi connectivity index (χ3v) is 4.15. The molecule has 1 heterocycles. The zero-order valence-corrected chi connectivity index (χ0v) is 8.33. The van der Waals surface area contributed by atoms with E-state index in [0.717, 1.165) is 6.42 Å². The zero-order chi connectivity index (χ0) is 9.90. The summed E-state index contributed by atoms with van der Waals surface area (Å²) in [5.41, 5.74) is 5.19. The van der Waals surface area contributed by atoms with E-state index in [-0.39, 0.29) is 24.8 Å². The Morgan fingerprint density at radius 1 is 1.54 bits per heavy atom. The first kappa shape index (κ1) is 10.9. The largest absolute Gasteiger partial charge is 0.396 e. The Hall–Kier alpha value is -0.170. The Morgan fingerprint density at radius 2 is 2.23 bits per heavy atom. The summed E-state index contributed by atoms with van der Waals surface area (Å²) in [5.74, 6) is 0.109. The Bertz CT molecular complexity index is 252. The highest BCUT2D eigenvalue weighted by Crippen LogP contribution is 2.18. The second-order valence-corrected chi connectivity index (χ2v) is 5.39. The van der Waals surface area contributed by atoms with Gasteiger partial charge in [-0.25, -0.2) is 12.7 Å². The molecule has 1 fully saturated rings. The van der Waals surface area contributed by atoms with Gasteiger partial charge >= 0.3 is 0 Å². The molecule has 1 aliphatic heterocycles. The number of hydrogen-bond acceptors (Lipinski definition) is 4. The Labute approximate surface area is 78.6 Å². The van der Waals surface area contributed by atoms with Gasteiger partial charge in [-0.05, 0) is 12.3 Å². The molecule has 0 spiro atoms. The van der Waals surface area contributed by atoms with Gasteiger partial charge in [0.05, 0.1) is 5.75 Å². The molecule has 0 aromatic rings. The van der Waals surface area contributed by atoms with Gasteiger partial charge in [0.25, 0.3) is 0 Å². The fourth-order valence-corrected chi connectivity index (χ4v) is 2.85. The smallest absolute Gasteiger partial charge is 0.215 e. The van der Waals surface area contributed by atoms with Crippen LogP contribution in [-0.4, -0.2) is 49.8 Å². The topological polar surface area (TPSA) is 83.6 Å². The van der Waals surface area contributed by atoms with Crippen LogP contribution in [0, 0.1) is 5.92 Å². The predicted octanol–water partition coefficient (Wildman–Crippen LogP) is -1.41. The average Bonchev–Trinajstić information content (AvgIpc) is 2.52. The van der Waals surface area contributed by atoms with Crippen molar-refractivity contribution in [2.45, 2.75) is 6.42 Å². The molecule has 0 aliphatic carbocycles. The second kappa shape index (κ2) is 4.36. The van der Waals surface area contributed by atoms with E-state index >= 15 is 0 Å². The van der Waals surface area contributed by atoms with E-state index in [1.54, 1.807) is 0 Å². The number of aliphatic hydroxyl groups excluding tert-OH is 1. The molecular formula is C7H16N2O3S. The molecule has 0 aromatic carbocycles. The molecule has 1 aliphatic rings. The van der Waals surface area contributed by atoms with Crippen LogP contribution in [0.1, 0.15) is 6.42 Å². The zero-order valence-electron chi connectivity index (χ0n) is 7.52. The van der Waals surface area contributed by atoms with Crippen molar-refractivity contribution in [2.75, 3.05) is 32.0 Å². The number of rotatable bonds is 4. The molecule has 1 rings (SSSR count). The molecule has 1 atom stereocenters. The summed E-state index contributed by atoms with van der Waals surface area (Å²) in [6, 6.07) is 0. The SMILES string of the molecule is NCCS(=O)(=O)N1CCC(CO)C1. The van der Waals surface area contributed by atoms with E-state index in [4.69, 9.17) is 10.8 Å². The minimum absolute atomic E-state index is 0.00511. The molecule has 3 N–H and O–H groups in total. The lowest BCUT2D eigenvalue weighted by atomic mass is 10.1. The highest BCUT2D eigenvalue weighted by Gasteiger charge is 2.29. The highest BCUT2D eigenvalue weighted by molar-refractivity contribution is 7.89. The van der Waals surface area contributed by atoms with Gasteiger partial charge in [0.1, 0.15) is 0 Å². The minimum Gasteiger partial charge on any atom is -0.396 e. The van der Waals surface area contributed by atoms with E-state index in [2.05, 4.69) is 0 Å². The summed E-state index contributed by atoms with van der Waals surface area (Å²) >= 11 is 0. The molecule has 13 heavy (non-hydrogen) atoms. The second-order valence-electron chi connectivity index (χ2n) is 3.30. The van der Waals surface area contributed by atoms with Crippen molar-refractivity contribution >= 4 is 10.0 Å². The van der Waals surface area contributed by atoms with Crippen LogP contribution in [0.3, 0.4) is 0 Å². The fraction of sp³-hybridized carbons (Fsp3) is 1.00. The van der Waals surface area contributed by atoms with Crippen LogP contribution in [0.15, 0.2) is 0 Å². The quantitative estimate of drug-likeness (QED) is 0.594. The van der Waals surface area contributed by atoms with Crippen LogP contribution < -0.4 is 5.73 Å². The lowest BCUT2D eigenvalue weighted by Crippen LogP contribution is -2.33. The molecule has 0 saturated carbocycles. The Morgan fingerprint density at radius 3 is 2.69 bits per heavy atom. The van der Waals surface area contributed by atoms with Crippen molar-refractivity contribution in [3.63, 3.8) is 0 Å². The predicted molar refractivity (Wildman–Crippen MR) is 49.6 cm³/mol. The summed E-state index contributed by atoms with van der Waals surface area (Å²) in [4.78, 5) is 0. The van der Waals surface area contributed by atoms with Gasteiger partial charge in [-0.3, -0.25) is 0 Å². The molecule has 6 heteroatoms. The van der Waals surface area contributed by atoms with Gasteiger partial charge in [0.2, 0.25) is 10.0 Å². The van der Waals surface area contributed by atoms with Gasteiger partial charge in [0.15, 0.2) is 0 Å². The summed E-state index contributed by atoms with van der Waals surface area (Å²) in [5, 5.41) is 8.83. The summed E-state index contributed by atoms with van der Waals surface area (Å²) in [6.07, 6.45) is 0.750. The molecule has 0 aromatic heterocycles. The maximum absolute atomic E-state index is 11.5. The van der Waals surface area contributed by atoms with E-state index in [0.29, 0.717) is 13.1 Å². The van der Waals surface area contributed by atoms with Crippen LogP contribution in [-0.2, 0) is 10.0 Å². The first-order valence-electron chi connectivity index (χ1n) is 4.39. The molecular weight excluding hydrogens is 192 g/mol. The van der Waals surface area contributed by atoms with Crippen LogP contribution in [0.25, 0.3) is 0 Å². The van der Waals surface area contributed by atoms with Crippen molar-refractivity contribution in [3.05, 3.63) is 0 Å². The van der Waals surface area contributed by atoms with Crippen molar-refractivity contribution in [1.29, 1.82) is 0 Å². The molecule has 5 nitrogen and oxygen atoms in total. The Balaban J connectivity index is 2.55. The molecule has 1 unspecified atom stereocenters. The minimum atomic E-state index is -3.16. The van der Waals surface area contributed by atoms with Crippen molar-refractivity contribution in [2.24, 2.45) is 11.7 Å². The summed E-state index contributed by atoms with van der Waals surface area (Å²) in [7, 11) is -3.16. The van der Waals surface area contributed by atoms with Crippen molar-refractivity contribution < 1.29 is 13.5 Å². The molecule has 1 saturated heterocycles. The van der Waals surface area contributed by atoms with Crippen molar-refractivity contribution in [1.82, 2.24) is 4.31 Å². The van der Waals surface area contributed by atoms with Gasteiger partial charge in [-0.2, -0.15) is 0 Å². The highest BCUT2D eigenvalue weighted by atomic mass is 32.2. The number of hydrogen-bond donors (Lipinski definition) is 2. The molecule has 0 amide bonds. The Kier molecular flexibility index (Phi) is 3.66. The maximum Gasteiger partial charge on any atom is 0.215 e. The lowest BCUT2D eigenvalue weighted by molar-refractivity contribution is 0.233. The van der Waals surface area contributed by atoms with Crippen LogP contribution in [0.2, 0.25) is 0 Å². The van der Waals surface area contributed by atoms with Crippen LogP contribution in [0.5, 0.6) is 0 Å². The third-order valence-electron chi connectivity index (χ3n) is 2.28. The van der Waals surface area contributed by atoms with E-state index in [1.165, 1.54) is 4.31 Å². The summed E-state index contributed by atoms with van der Waals surface area (Å²) < 4.78 is 24.3. The average molecular weight is 208 g/mol. The lowest BCUT2D eigenvalue weighted by Gasteiger charge is -2.15. The first-order valence-corrected chi connectivity index (χ1v) is 6.00. The summed E-state index contributed by atoms with van der Waals surface area (Å²) in [6.45, 7) is 1.18. The maximum atomic E-state index is 11.5. The normalized spacial score (nSPS) is 25.2. The third kappa shape index (κ3) is 2.63. The monoisotopic (exact) mass is 208 g/mol. The molecule has 0 bridgehead atoms. The van der Waals surface area contributed by atoms with Crippen LogP contribution in [0.4, 0.5) is 0 Å².